The zero-order valence-electron chi connectivity index (χ0n) is 10.4. The molecule has 0 unspecified atom stereocenters. The van der Waals surface area contributed by atoms with Crippen LogP contribution in [0.1, 0.15) is 22.6 Å². The third-order valence-corrected chi connectivity index (χ3v) is 3.61. The van der Waals surface area contributed by atoms with Crippen molar-refractivity contribution in [3.63, 3.8) is 0 Å². The number of benzene rings is 1. The first kappa shape index (κ1) is 13.6. The predicted molar refractivity (Wildman–Crippen MR) is 72.1 cm³/mol. The first-order valence-corrected chi connectivity index (χ1v) is 6.37. The lowest BCUT2D eigenvalue weighted by molar-refractivity contribution is 0.392. The molecule has 0 radical (unpaired) electrons. The number of aryl methyl sites for hydroxylation is 2. The average molecular weight is 324 g/mol. The number of hydrogen-bond acceptors (Lipinski definition) is 4. The van der Waals surface area contributed by atoms with Crippen molar-refractivity contribution >= 4 is 21.6 Å². The number of hydrogen-bond donors (Lipinski definition) is 1. The van der Waals surface area contributed by atoms with E-state index in [4.69, 9.17) is 9.78 Å². The lowest BCUT2D eigenvalue weighted by atomic mass is 10.2. The van der Waals surface area contributed by atoms with Crippen LogP contribution in [0, 0.1) is 31.0 Å². The van der Waals surface area contributed by atoms with Crippen molar-refractivity contribution in [2.45, 2.75) is 20.4 Å². The van der Waals surface area contributed by atoms with Crippen LogP contribution in [0.5, 0.6) is 0 Å². The Balaban J connectivity index is 2.22. The van der Waals surface area contributed by atoms with Crippen LogP contribution >= 0.6 is 15.9 Å². The summed E-state index contributed by atoms with van der Waals surface area (Å²) in [5, 5.41) is 15.6. The zero-order valence-corrected chi connectivity index (χ0v) is 12.0. The van der Waals surface area contributed by atoms with Gasteiger partial charge < -0.3 is 9.84 Å². The second kappa shape index (κ2) is 5.41. The molecule has 1 heterocycles. The second-order valence-electron chi connectivity index (χ2n) is 4.06. The minimum absolute atomic E-state index is 0.166. The van der Waals surface area contributed by atoms with E-state index in [9.17, 15) is 4.39 Å². The van der Waals surface area contributed by atoms with Crippen LogP contribution in [0.2, 0.25) is 0 Å². The molecule has 4 nitrogen and oxygen atoms in total. The minimum atomic E-state index is -0.481. The van der Waals surface area contributed by atoms with Gasteiger partial charge in [0.25, 0.3) is 0 Å². The van der Waals surface area contributed by atoms with Crippen LogP contribution < -0.4 is 5.32 Å². The van der Waals surface area contributed by atoms with Crippen LogP contribution in [0.25, 0.3) is 0 Å². The average Bonchev–Trinajstić information content (AvgIpc) is 2.71. The molecule has 0 fully saturated rings. The van der Waals surface area contributed by atoms with Gasteiger partial charge in [-0.15, -0.1) is 0 Å². The van der Waals surface area contributed by atoms with Gasteiger partial charge in [0.05, 0.1) is 21.4 Å². The Hall–Kier alpha value is -1.87. The van der Waals surface area contributed by atoms with Crippen molar-refractivity contribution in [3.8, 4) is 6.07 Å². The molecule has 6 heteroatoms. The van der Waals surface area contributed by atoms with Crippen LogP contribution in [-0.2, 0) is 6.54 Å². The molecule has 0 saturated heterocycles. The van der Waals surface area contributed by atoms with Crippen LogP contribution in [-0.4, -0.2) is 5.16 Å². The SMILES string of the molecule is Cc1noc(C)c1CNc1ccc(C#N)c(Br)c1F. The molecule has 1 aromatic carbocycles. The van der Waals surface area contributed by atoms with E-state index in [0.717, 1.165) is 11.3 Å². The summed E-state index contributed by atoms with van der Waals surface area (Å²) in [5.74, 6) is 0.226. The Morgan fingerprint density at radius 2 is 2.21 bits per heavy atom. The zero-order chi connectivity index (χ0) is 14.0. The summed E-state index contributed by atoms with van der Waals surface area (Å²) in [5.41, 5.74) is 2.27. The molecule has 0 spiro atoms. The quantitative estimate of drug-likeness (QED) is 0.935. The maximum atomic E-state index is 14.0. The maximum absolute atomic E-state index is 14.0. The van der Waals surface area contributed by atoms with Gasteiger partial charge in [-0.2, -0.15) is 5.26 Å². The highest BCUT2D eigenvalue weighted by Gasteiger charge is 2.13. The number of rotatable bonds is 3. The van der Waals surface area contributed by atoms with Crippen molar-refractivity contribution < 1.29 is 8.91 Å². The van der Waals surface area contributed by atoms with Crippen LogP contribution in [0.15, 0.2) is 21.1 Å². The van der Waals surface area contributed by atoms with Gasteiger partial charge in [-0.05, 0) is 41.9 Å². The van der Waals surface area contributed by atoms with Gasteiger partial charge in [0, 0.05) is 12.1 Å². The minimum Gasteiger partial charge on any atom is -0.378 e. The highest BCUT2D eigenvalue weighted by atomic mass is 79.9. The van der Waals surface area contributed by atoms with Gasteiger partial charge >= 0.3 is 0 Å². The molecule has 19 heavy (non-hydrogen) atoms. The standard InChI is InChI=1S/C13H11BrFN3O/c1-7-10(8(2)19-18-7)6-17-11-4-3-9(5-16)12(14)13(11)15/h3-4,17H,6H2,1-2H3. The van der Waals surface area contributed by atoms with Gasteiger partial charge in [-0.25, -0.2) is 4.39 Å². The second-order valence-corrected chi connectivity index (χ2v) is 4.85. The summed E-state index contributed by atoms with van der Waals surface area (Å²) in [6.45, 7) is 4.05. The fraction of sp³-hybridized carbons (Fsp3) is 0.231. The molecule has 0 aliphatic rings. The Kier molecular flexibility index (Phi) is 3.86. The largest absolute Gasteiger partial charge is 0.378 e. The molecule has 2 rings (SSSR count). The molecule has 1 aromatic heterocycles. The Labute approximate surface area is 118 Å². The van der Waals surface area contributed by atoms with E-state index in [1.807, 2.05) is 19.9 Å². The Morgan fingerprint density at radius 3 is 2.79 bits per heavy atom. The Bertz CT molecular complexity index is 641. The van der Waals surface area contributed by atoms with Gasteiger partial charge in [-0.1, -0.05) is 5.16 Å². The summed E-state index contributed by atoms with van der Waals surface area (Å²) in [6, 6.07) is 5.01. The van der Waals surface area contributed by atoms with Crippen molar-refractivity contribution in [1.82, 2.24) is 5.16 Å². The fourth-order valence-electron chi connectivity index (χ4n) is 1.71. The predicted octanol–water partition coefficient (Wildman–Crippen LogP) is 3.68. The first-order valence-electron chi connectivity index (χ1n) is 5.58. The van der Waals surface area contributed by atoms with Gasteiger partial charge in [0.2, 0.25) is 0 Å². The van der Waals surface area contributed by atoms with Crippen molar-refractivity contribution in [1.29, 1.82) is 5.26 Å². The smallest absolute Gasteiger partial charge is 0.161 e. The van der Waals surface area contributed by atoms with Crippen LogP contribution in [0.3, 0.4) is 0 Å². The maximum Gasteiger partial charge on any atom is 0.161 e. The molecule has 1 N–H and O–H groups in total. The monoisotopic (exact) mass is 323 g/mol. The van der Waals surface area contributed by atoms with Crippen molar-refractivity contribution in [3.05, 3.63) is 45.0 Å². The molecule has 0 amide bonds. The van der Waals surface area contributed by atoms with Crippen molar-refractivity contribution in [2.75, 3.05) is 5.32 Å². The third kappa shape index (κ3) is 2.61. The normalized spacial score (nSPS) is 10.3. The molecule has 0 bridgehead atoms. The van der Waals surface area contributed by atoms with E-state index in [2.05, 4.69) is 26.4 Å². The number of anilines is 1. The van der Waals surface area contributed by atoms with Gasteiger partial charge in [0.15, 0.2) is 5.82 Å². The first-order chi connectivity index (χ1) is 9.04. The molecular weight excluding hydrogens is 313 g/mol. The Morgan fingerprint density at radius 1 is 1.47 bits per heavy atom. The summed E-state index contributed by atoms with van der Waals surface area (Å²) in [4.78, 5) is 0. The molecule has 2 aromatic rings. The molecule has 98 valence electrons. The molecule has 0 aliphatic heterocycles. The molecule has 0 aliphatic carbocycles. The fourth-order valence-corrected chi connectivity index (χ4v) is 2.14. The van der Waals surface area contributed by atoms with E-state index >= 15 is 0 Å². The lowest BCUT2D eigenvalue weighted by Gasteiger charge is -2.09. The summed E-state index contributed by atoms with van der Waals surface area (Å²) >= 11 is 3.07. The van der Waals surface area contributed by atoms with Gasteiger partial charge in [-0.3, -0.25) is 0 Å². The van der Waals surface area contributed by atoms with Crippen LogP contribution in [0.4, 0.5) is 10.1 Å². The highest BCUT2D eigenvalue weighted by molar-refractivity contribution is 9.10. The summed E-state index contributed by atoms with van der Waals surface area (Å²) < 4.78 is 19.2. The number of nitriles is 1. The van der Waals surface area contributed by atoms with Gasteiger partial charge in [0.1, 0.15) is 11.8 Å². The van der Waals surface area contributed by atoms with E-state index in [1.54, 1.807) is 6.07 Å². The van der Waals surface area contributed by atoms with E-state index in [0.29, 0.717) is 18.0 Å². The molecule has 0 saturated carbocycles. The number of halogens is 2. The van der Waals surface area contributed by atoms with E-state index in [1.165, 1.54) is 6.07 Å². The molecular formula is C13H11BrFN3O. The third-order valence-electron chi connectivity index (χ3n) is 2.84. The van der Waals surface area contributed by atoms with E-state index < -0.39 is 5.82 Å². The van der Waals surface area contributed by atoms with Crippen molar-refractivity contribution in [2.24, 2.45) is 0 Å². The highest BCUT2D eigenvalue weighted by Crippen LogP contribution is 2.27. The summed E-state index contributed by atoms with van der Waals surface area (Å²) in [6.07, 6.45) is 0. The number of nitrogens with zero attached hydrogens (tertiary/aromatic N) is 2. The number of aromatic nitrogens is 1. The topological polar surface area (TPSA) is 61.9 Å². The molecule has 0 atom stereocenters. The summed E-state index contributed by atoms with van der Waals surface area (Å²) in [7, 11) is 0. The van der Waals surface area contributed by atoms with E-state index in [-0.39, 0.29) is 10.0 Å². The number of nitrogens with one attached hydrogen (secondary N) is 1. The lowest BCUT2D eigenvalue weighted by Crippen LogP contribution is -2.04.